The molecule has 9 nitrogen and oxygen atoms in total. The number of rotatable bonds is 3. The maximum atomic E-state index is 12.2. The number of nitrogens with zero attached hydrogens (tertiary/aromatic N) is 3. The second-order valence-corrected chi connectivity index (χ2v) is 6.51. The van der Waals surface area contributed by atoms with Gasteiger partial charge in [-0.1, -0.05) is 0 Å². The van der Waals surface area contributed by atoms with Crippen molar-refractivity contribution in [3.63, 3.8) is 0 Å². The van der Waals surface area contributed by atoms with E-state index in [1.54, 1.807) is 19.1 Å². The topological polar surface area (TPSA) is 117 Å². The molecule has 1 fully saturated rings. The van der Waals surface area contributed by atoms with Gasteiger partial charge in [0.1, 0.15) is 11.3 Å². The van der Waals surface area contributed by atoms with Crippen molar-refractivity contribution in [3.05, 3.63) is 45.6 Å². The number of aryl methyl sites for hydroxylation is 1. The van der Waals surface area contributed by atoms with Crippen LogP contribution in [0.1, 0.15) is 11.5 Å². The normalized spacial score (nSPS) is 15.0. The molecule has 4 amide bonds. The molecule has 1 aliphatic rings. The van der Waals surface area contributed by atoms with Gasteiger partial charge in [-0.15, -0.1) is 0 Å². The summed E-state index contributed by atoms with van der Waals surface area (Å²) >= 11 is 1.09. The lowest BCUT2D eigenvalue weighted by Gasteiger charge is -2.28. The number of hydrogen-bond acceptors (Lipinski definition) is 7. The van der Waals surface area contributed by atoms with Crippen molar-refractivity contribution in [2.45, 2.75) is 17.2 Å². The third-order valence-corrected chi connectivity index (χ3v) is 4.39. The summed E-state index contributed by atoms with van der Waals surface area (Å²) in [7, 11) is 2.59. The van der Waals surface area contributed by atoms with Crippen molar-refractivity contribution in [1.82, 2.24) is 19.8 Å². The Balaban J connectivity index is 1.86. The van der Waals surface area contributed by atoms with Crippen molar-refractivity contribution in [1.29, 1.82) is 0 Å². The zero-order chi connectivity index (χ0) is 19.0. The molecule has 0 atom stereocenters. The lowest BCUT2D eigenvalue weighted by Crippen LogP contribution is -2.52. The Morgan fingerprint density at radius 3 is 2.38 bits per heavy atom. The second kappa shape index (κ2) is 6.64. The van der Waals surface area contributed by atoms with Gasteiger partial charge in [0.25, 0.3) is 17.4 Å². The minimum absolute atomic E-state index is 0.178. The van der Waals surface area contributed by atoms with E-state index in [1.807, 2.05) is 0 Å². The second-order valence-electron chi connectivity index (χ2n) is 5.52. The van der Waals surface area contributed by atoms with E-state index < -0.39 is 17.8 Å². The summed E-state index contributed by atoms with van der Waals surface area (Å²) in [5.74, 6) is -1.14. The number of hydrogen-bond donors (Lipinski definition) is 1. The Labute approximate surface area is 151 Å². The molecule has 1 N–H and O–H groups in total. The Morgan fingerprint density at radius 2 is 1.77 bits per heavy atom. The number of aromatic nitrogens is 2. The summed E-state index contributed by atoms with van der Waals surface area (Å²) in [4.78, 5) is 56.0. The number of likely N-dealkylation sites (N-methyl/N-ethyl adjacent to an activating group) is 2. The summed E-state index contributed by atoms with van der Waals surface area (Å²) in [6.45, 7) is 1.70. The molecule has 0 bridgehead atoms. The van der Waals surface area contributed by atoms with Crippen LogP contribution in [-0.4, -0.2) is 51.7 Å². The highest BCUT2D eigenvalue weighted by Gasteiger charge is 2.38. The van der Waals surface area contributed by atoms with Crippen LogP contribution in [0.5, 0.6) is 0 Å². The van der Waals surface area contributed by atoms with Gasteiger partial charge in [-0.2, -0.15) is 0 Å². The van der Waals surface area contributed by atoms with Crippen LogP contribution in [0.25, 0.3) is 6.08 Å². The van der Waals surface area contributed by atoms with Gasteiger partial charge >= 0.3 is 6.03 Å². The third-order valence-electron chi connectivity index (χ3n) is 3.58. The minimum Gasteiger partial charge on any atom is -0.450 e. The Morgan fingerprint density at radius 1 is 1.12 bits per heavy atom. The van der Waals surface area contributed by atoms with E-state index in [0.717, 1.165) is 21.6 Å². The zero-order valence-electron chi connectivity index (χ0n) is 14.1. The fourth-order valence-corrected chi connectivity index (χ4v) is 3.09. The number of H-pyrrole nitrogens is 1. The number of carbonyl (C=O) groups is 3. The van der Waals surface area contributed by atoms with Gasteiger partial charge < -0.3 is 9.40 Å². The number of barbiturate groups is 1. The number of nitrogens with one attached hydrogen (secondary N) is 1. The van der Waals surface area contributed by atoms with Crippen LogP contribution in [-0.2, 0) is 9.59 Å². The van der Waals surface area contributed by atoms with Gasteiger partial charge in [0.2, 0.25) is 0 Å². The number of carbonyl (C=O) groups excluding carboxylic acids is 3. The van der Waals surface area contributed by atoms with Crippen molar-refractivity contribution in [3.8, 4) is 0 Å². The predicted molar refractivity (Wildman–Crippen MR) is 91.3 cm³/mol. The predicted octanol–water partition coefficient (Wildman–Crippen LogP) is 1.26. The maximum Gasteiger partial charge on any atom is 0.333 e. The lowest BCUT2D eigenvalue weighted by atomic mass is 10.1. The van der Waals surface area contributed by atoms with Crippen LogP contribution < -0.4 is 5.56 Å². The quantitative estimate of drug-likeness (QED) is 0.488. The summed E-state index contributed by atoms with van der Waals surface area (Å²) in [5, 5.41) is 0.775. The van der Waals surface area contributed by atoms with Gasteiger partial charge in [0.15, 0.2) is 10.2 Å². The molecule has 2 aromatic rings. The van der Waals surface area contributed by atoms with Gasteiger partial charge in [-0.25, -0.2) is 9.78 Å². The fraction of sp³-hybridized carbons (Fsp3) is 0.188. The molecule has 1 saturated heterocycles. The zero-order valence-corrected chi connectivity index (χ0v) is 14.9. The monoisotopic (exact) mass is 374 g/mol. The van der Waals surface area contributed by atoms with Crippen molar-refractivity contribution >= 4 is 35.7 Å². The summed E-state index contributed by atoms with van der Waals surface area (Å²) in [5.41, 5.74) is 0.116. The number of imide groups is 2. The van der Waals surface area contributed by atoms with Gasteiger partial charge in [0.05, 0.1) is 0 Å². The first kappa shape index (κ1) is 17.7. The van der Waals surface area contributed by atoms with Crippen LogP contribution in [0.15, 0.2) is 43.2 Å². The summed E-state index contributed by atoms with van der Waals surface area (Å²) in [6, 6.07) is 3.87. The molecule has 0 aromatic carbocycles. The largest absolute Gasteiger partial charge is 0.450 e. The smallest absolute Gasteiger partial charge is 0.333 e. The van der Waals surface area contributed by atoms with Crippen LogP contribution in [0, 0.1) is 6.92 Å². The average molecular weight is 374 g/mol. The molecule has 3 rings (SSSR count). The van der Waals surface area contributed by atoms with Crippen LogP contribution in [0.2, 0.25) is 0 Å². The molecule has 2 aromatic heterocycles. The lowest BCUT2D eigenvalue weighted by molar-refractivity contribution is -0.134. The van der Waals surface area contributed by atoms with Crippen molar-refractivity contribution in [2.75, 3.05) is 14.1 Å². The highest BCUT2D eigenvalue weighted by Crippen LogP contribution is 2.27. The van der Waals surface area contributed by atoms with Crippen molar-refractivity contribution in [2.24, 2.45) is 0 Å². The highest BCUT2D eigenvalue weighted by atomic mass is 32.2. The molecule has 10 heteroatoms. The minimum atomic E-state index is -0.701. The van der Waals surface area contributed by atoms with Gasteiger partial charge in [-0.3, -0.25) is 24.2 Å². The SMILES string of the molecule is Cc1cc(=O)[nH]c(Sc2ccc(C=C3C(=O)N(C)C(=O)N(C)C3=O)o2)n1. The first-order valence-electron chi connectivity index (χ1n) is 7.43. The molecule has 0 saturated carbocycles. The van der Waals surface area contributed by atoms with E-state index in [0.29, 0.717) is 15.9 Å². The molecule has 0 spiro atoms. The standard InChI is InChI=1S/C16H14N4O5S/c1-8-6-11(21)18-15(17-8)26-12-5-4-9(25-12)7-10-13(22)19(2)16(24)20(3)14(10)23/h4-7H,1-3H3,(H,17,18,21). The van der Waals surface area contributed by atoms with E-state index in [-0.39, 0.29) is 16.9 Å². The maximum absolute atomic E-state index is 12.2. The van der Waals surface area contributed by atoms with Gasteiger partial charge in [-0.05, 0) is 36.9 Å². The first-order valence-corrected chi connectivity index (χ1v) is 8.25. The summed E-state index contributed by atoms with van der Waals surface area (Å²) in [6.07, 6.45) is 1.28. The molecule has 0 unspecified atom stereocenters. The molecule has 1 aliphatic heterocycles. The van der Waals surface area contributed by atoms with E-state index >= 15 is 0 Å². The number of urea groups is 1. The molecule has 26 heavy (non-hydrogen) atoms. The van der Waals surface area contributed by atoms with E-state index in [2.05, 4.69) is 9.97 Å². The van der Waals surface area contributed by atoms with Gasteiger partial charge in [0, 0.05) is 25.9 Å². The average Bonchev–Trinajstić information content (AvgIpc) is 3.01. The van der Waals surface area contributed by atoms with Crippen LogP contribution >= 0.6 is 11.8 Å². The molecule has 0 aliphatic carbocycles. The Bertz CT molecular complexity index is 980. The number of furan rings is 1. The van der Waals surface area contributed by atoms with Crippen LogP contribution in [0.3, 0.4) is 0 Å². The number of aromatic amines is 1. The number of amides is 4. The highest BCUT2D eigenvalue weighted by molar-refractivity contribution is 7.99. The third kappa shape index (κ3) is 3.31. The molecule has 0 radical (unpaired) electrons. The Hall–Kier alpha value is -3.14. The first-order chi connectivity index (χ1) is 12.3. The molecule has 3 heterocycles. The van der Waals surface area contributed by atoms with Crippen LogP contribution in [0.4, 0.5) is 4.79 Å². The molecule has 134 valence electrons. The van der Waals surface area contributed by atoms with Crippen molar-refractivity contribution < 1.29 is 18.8 Å². The van der Waals surface area contributed by atoms with E-state index in [1.165, 1.54) is 26.2 Å². The molecular formula is C16H14N4O5S. The Kier molecular flexibility index (Phi) is 4.51. The van der Waals surface area contributed by atoms with E-state index in [9.17, 15) is 19.2 Å². The molecular weight excluding hydrogens is 360 g/mol. The fourth-order valence-electron chi connectivity index (χ4n) is 2.28. The van der Waals surface area contributed by atoms with E-state index in [4.69, 9.17) is 4.42 Å². The summed E-state index contributed by atoms with van der Waals surface area (Å²) < 4.78 is 5.56.